The number of hydrogen-bond donors (Lipinski definition) is 0. The van der Waals surface area contributed by atoms with Crippen molar-refractivity contribution in [2.24, 2.45) is 0 Å². The van der Waals surface area contributed by atoms with Crippen LogP contribution in [0.4, 0.5) is 0 Å². The average molecular weight is 308 g/mol. The number of ether oxygens (including phenoxy) is 2. The molecule has 1 aromatic heterocycles. The molecule has 0 aliphatic heterocycles. The summed E-state index contributed by atoms with van der Waals surface area (Å²) < 4.78 is 13.5. The van der Waals surface area contributed by atoms with E-state index in [0.29, 0.717) is 6.61 Å². The van der Waals surface area contributed by atoms with E-state index >= 15 is 0 Å². The lowest BCUT2D eigenvalue weighted by molar-refractivity contribution is 0.298. The zero-order chi connectivity index (χ0) is 15.9. The van der Waals surface area contributed by atoms with Gasteiger partial charge in [-0.15, -0.1) is 0 Å². The molecular formula is C19H20N2O2. The molecule has 0 fully saturated rings. The molecule has 0 amide bonds. The van der Waals surface area contributed by atoms with Crippen LogP contribution in [0.15, 0.2) is 67.0 Å². The Bertz CT molecular complexity index is 721. The summed E-state index contributed by atoms with van der Waals surface area (Å²) in [5, 5.41) is 4.16. The van der Waals surface area contributed by atoms with Gasteiger partial charge in [0.2, 0.25) is 0 Å². The Hall–Kier alpha value is -2.75. The molecule has 3 aromatic rings. The summed E-state index contributed by atoms with van der Waals surface area (Å²) in [5.41, 5.74) is 1.12. The predicted octanol–water partition coefficient (Wildman–Crippen LogP) is 4.45. The first kappa shape index (κ1) is 15.2. The molecule has 4 nitrogen and oxygen atoms in total. The molecule has 0 aliphatic carbocycles. The molecule has 23 heavy (non-hydrogen) atoms. The topological polar surface area (TPSA) is 36.3 Å². The van der Waals surface area contributed by atoms with Crippen molar-refractivity contribution in [3.8, 4) is 17.2 Å². The van der Waals surface area contributed by atoms with Crippen molar-refractivity contribution in [1.29, 1.82) is 0 Å². The molecule has 0 N–H and O–H groups in total. The summed E-state index contributed by atoms with van der Waals surface area (Å²) in [7, 11) is 0. The van der Waals surface area contributed by atoms with Crippen LogP contribution in [-0.2, 0) is 6.54 Å². The second-order valence-corrected chi connectivity index (χ2v) is 5.31. The molecule has 2 aromatic carbocycles. The van der Waals surface area contributed by atoms with E-state index in [1.54, 1.807) is 6.20 Å². The van der Waals surface area contributed by atoms with Crippen LogP contribution in [0.2, 0.25) is 0 Å². The summed E-state index contributed by atoms with van der Waals surface area (Å²) in [6.07, 6.45) is 4.66. The largest absolute Gasteiger partial charge is 0.494 e. The van der Waals surface area contributed by atoms with Crippen molar-refractivity contribution >= 4 is 0 Å². The fraction of sp³-hybridized carbons (Fsp3) is 0.211. The van der Waals surface area contributed by atoms with Gasteiger partial charge in [0, 0.05) is 25.4 Å². The zero-order valence-electron chi connectivity index (χ0n) is 13.2. The number of hydrogen-bond acceptors (Lipinski definition) is 3. The van der Waals surface area contributed by atoms with Gasteiger partial charge in [0.1, 0.15) is 17.2 Å². The summed E-state index contributed by atoms with van der Waals surface area (Å²) >= 11 is 0. The maximum absolute atomic E-state index is 5.87. The van der Waals surface area contributed by atoms with Crippen LogP contribution >= 0.6 is 0 Å². The molecule has 0 saturated carbocycles. The van der Waals surface area contributed by atoms with Crippen molar-refractivity contribution in [3.63, 3.8) is 0 Å². The van der Waals surface area contributed by atoms with E-state index in [2.05, 4.69) is 5.10 Å². The van der Waals surface area contributed by atoms with Gasteiger partial charge in [-0.2, -0.15) is 5.10 Å². The number of rotatable bonds is 7. The minimum Gasteiger partial charge on any atom is -0.494 e. The Balaban J connectivity index is 1.48. The fourth-order valence-electron chi connectivity index (χ4n) is 2.25. The van der Waals surface area contributed by atoms with Crippen molar-refractivity contribution in [1.82, 2.24) is 9.78 Å². The van der Waals surface area contributed by atoms with Crippen LogP contribution < -0.4 is 9.47 Å². The fourth-order valence-corrected chi connectivity index (χ4v) is 2.25. The molecule has 0 radical (unpaired) electrons. The lowest BCUT2D eigenvalue weighted by Crippen LogP contribution is -2.04. The van der Waals surface area contributed by atoms with Crippen LogP contribution in [0.5, 0.6) is 17.2 Å². The van der Waals surface area contributed by atoms with E-state index in [-0.39, 0.29) is 0 Å². The summed E-state index contributed by atoms with van der Waals surface area (Å²) in [6.45, 7) is 3.56. The molecule has 118 valence electrons. The first-order chi connectivity index (χ1) is 11.3. The standard InChI is InChI=1S/C19H20N2O2/c1-16-6-2-3-7-19(16)23-18-10-8-17(9-11-18)22-15-5-14-21-13-4-12-20-21/h2-4,6-13H,5,14-15H2,1H3. The number of aryl methyl sites for hydroxylation is 2. The number of aromatic nitrogens is 2. The van der Waals surface area contributed by atoms with Gasteiger partial charge < -0.3 is 9.47 Å². The SMILES string of the molecule is Cc1ccccc1Oc1ccc(OCCCn2cccn2)cc1. The monoisotopic (exact) mass is 308 g/mol. The van der Waals surface area contributed by atoms with E-state index in [4.69, 9.17) is 9.47 Å². The first-order valence-corrected chi connectivity index (χ1v) is 7.75. The molecule has 1 heterocycles. The highest BCUT2D eigenvalue weighted by molar-refractivity contribution is 5.38. The first-order valence-electron chi connectivity index (χ1n) is 7.75. The van der Waals surface area contributed by atoms with Crippen LogP contribution in [0.3, 0.4) is 0 Å². The second kappa shape index (κ2) is 7.49. The van der Waals surface area contributed by atoms with Crippen LogP contribution in [0.25, 0.3) is 0 Å². The minimum atomic E-state index is 0.665. The Morgan fingerprint density at radius 3 is 2.48 bits per heavy atom. The van der Waals surface area contributed by atoms with Crippen molar-refractivity contribution in [3.05, 3.63) is 72.6 Å². The number of para-hydroxylation sites is 1. The third-order valence-electron chi connectivity index (χ3n) is 3.50. The van der Waals surface area contributed by atoms with Gasteiger partial charge >= 0.3 is 0 Å². The predicted molar refractivity (Wildman–Crippen MR) is 90.0 cm³/mol. The van der Waals surface area contributed by atoms with Gasteiger partial charge in [0.25, 0.3) is 0 Å². The Morgan fingerprint density at radius 2 is 1.74 bits per heavy atom. The Morgan fingerprint density at radius 1 is 0.957 bits per heavy atom. The van der Waals surface area contributed by atoms with Gasteiger partial charge in [0.15, 0.2) is 0 Å². The van der Waals surface area contributed by atoms with Gasteiger partial charge in [-0.25, -0.2) is 0 Å². The number of benzene rings is 2. The van der Waals surface area contributed by atoms with Crippen molar-refractivity contribution < 1.29 is 9.47 Å². The third kappa shape index (κ3) is 4.36. The molecule has 0 spiro atoms. The van der Waals surface area contributed by atoms with E-state index in [9.17, 15) is 0 Å². The van der Waals surface area contributed by atoms with E-state index in [0.717, 1.165) is 35.8 Å². The molecule has 0 bridgehead atoms. The minimum absolute atomic E-state index is 0.665. The molecular weight excluding hydrogens is 288 g/mol. The Labute approximate surface area is 136 Å². The highest BCUT2D eigenvalue weighted by Crippen LogP contribution is 2.26. The van der Waals surface area contributed by atoms with Crippen LogP contribution in [0, 0.1) is 6.92 Å². The maximum Gasteiger partial charge on any atom is 0.130 e. The highest BCUT2D eigenvalue weighted by atomic mass is 16.5. The highest BCUT2D eigenvalue weighted by Gasteiger charge is 2.01. The molecule has 4 heteroatoms. The van der Waals surface area contributed by atoms with Crippen LogP contribution in [-0.4, -0.2) is 16.4 Å². The molecule has 0 aliphatic rings. The summed E-state index contributed by atoms with van der Waals surface area (Å²) in [4.78, 5) is 0. The number of nitrogens with zero attached hydrogens (tertiary/aromatic N) is 2. The summed E-state index contributed by atoms with van der Waals surface area (Å²) in [6, 6.07) is 17.6. The van der Waals surface area contributed by atoms with Gasteiger partial charge in [-0.05, 0) is 48.9 Å². The smallest absolute Gasteiger partial charge is 0.130 e. The maximum atomic E-state index is 5.87. The van der Waals surface area contributed by atoms with E-state index < -0.39 is 0 Å². The molecule has 0 atom stereocenters. The van der Waals surface area contributed by atoms with E-state index in [1.165, 1.54) is 0 Å². The molecule has 3 rings (SSSR count). The normalized spacial score (nSPS) is 10.5. The third-order valence-corrected chi connectivity index (χ3v) is 3.50. The van der Waals surface area contributed by atoms with Gasteiger partial charge in [-0.3, -0.25) is 4.68 Å². The average Bonchev–Trinajstić information content (AvgIpc) is 3.09. The molecule has 0 unspecified atom stereocenters. The van der Waals surface area contributed by atoms with Crippen LogP contribution in [0.1, 0.15) is 12.0 Å². The lowest BCUT2D eigenvalue weighted by Gasteiger charge is -2.10. The zero-order valence-corrected chi connectivity index (χ0v) is 13.2. The quantitative estimate of drug-likeness (QED) is 0.605. The lowest BCUT2D eigenvalue weighted by atomic mass is 10.2. The Kier molecular flexibility index (Phi) is 4.94. The summed E-state index contributed by atoms with van der Waals surface area (Å²) in [5.74, 6) is 2.53. The van der Waals surface area contributed by atoms with E-state index in [1.807, 2.05) is 72.4 Å². The van der Waals surface area contributed by atoms with Gasteiger partial charge in [0.05, 0.1) is 6.61 Å². The van der Waals surface area contributed by atoms with Gasteiger partial charge in [-0.1, -0.05) is 18.2 Å². The second-order valence-electron chi connectivity index (χ2n) is 5.31. The van der Waals surface area contributed by atoms with Crippen molar-refractivity contribution in [2.75, 3.05) is 6.61 Å². The van der Waals surface area contributed by atoms with Crippen molar-refractivity contribution in [2.45, 2.75) is 19.9 Å². The molecule has 0 saturated heterocycles.